The number of rotatable bonds is 3. The number of carbonyl (C=O) groups is 2. The number of benzene rings is 1. The predicted molar refractivity (Wildman–Crippen MR) is 48.7 cm³/mol. The minimum atomic E-state index is -0.185. The number of ketones is 1. The number of Topliss-reactive ketones (excluding diaryl/α,β-unsaturated/α-hetero) is 1. The quantitative estimate of drug-likeness (QED) is 0.333. The molecule has 0 heterocycles. The molecule has 0 amide bonds. The van der Waals surface area contributed by atoms with Crippen LogP contribution < -0.4 is 0 Å². The van der Waals surface area contributed by atoms with Gasteiger partial charge >= 0.3 is 0 Å². The Labute approximate surface area is 76.0 Å². The van der Waals surface area contributed by atoms with Crippen LogP contribution in [0.3, 0.4) is 0 Å². The average molecular weight is 180 g/mol. The highest BCUT2D eigenvalue weighted by Gasteiger charge is 2.06. The van der Waals surface area contributed by atoms with Gasteiger partial charge in [-0.15, -0.1) is 12.6 Å². The third-order valence-corrected chi connectivity index (χ3v) is 1.86. The van der Waals surface area contributed by atoms with Gasteiger partial charge in [0, 0.05) is 10.5 Å². The van der Waals surface area contributed by atoms with Gasteiger partial charge in [0.25, 0.3) is 0 Å². The monoisotopic (exact) mass is 180 g/mol. The van der Waals surface area contributed by atoms with Crippen LogP contribution in [0.5, 0.6) is 0 Å². The zero-order valence-corrected chi connectivity index (χ0v) is 7.25. The van der Waals surface area contributed by atoms with Crippen molar-refractivity contribution in [3.8, 4) is 0 Å². The smallest absolute Gasteiger partial charge is 0.171 e. The van der Waals surface area contributed by atoms with Gasteiger partial charge in [-0.25, -0.2) is 0 Å². The lowest BCUT2D eigenvalue weighted by molar-refractivity contribution is -0.107. The molecule has 62 valence electrons. The van der Waals surface area contributed by atoms with Crippen LogP contribution in [0.15, 0.2) is 29.2 Å². The molecule has 0 unspecified atom stereocenters. The average Bonchev–Trinajstić information content (AvgIpc) is 2.05. The Morgan fingerprint density at radius 2 is 2.08 bits per heavy atom. The fourth-order valence-corrected chi connectivity index (χ4v) is 1.18. The highest BCUT2D eigenvalue weighted by molar-refractivity contribution is 7.80. The largest absolute Gasteiger partial charge is 0.303 e. The summed E-state index contributed by atoms with van der Waals surface area (Å²) in [6.45, 7) is 0. The number of carbonyl (C=O) groups excluding carboxylic acids is 2. The summed E-state index contributed by atoms with van der Waals surface area (Å²) in [7, 11) is 0. The van der Waals surface area contributed by atoms with Crippen LogP contribution in [0, 0.1) is 0 Å². The molecule has 0 aliphatic rings. The van der Waals surface area contributed by atoms with E-state index in [2.05, 4.69) is 12.6 Å². The maximum absolute atomic E-state index is 11.2. The third-order valence-electron chi connectivity index (χ3n) is 1.47. The molecule has 0 fully saturated rings. The molecule has 0 spiro atoms. The molecule has 0 N–H and O–H groups in total. The zero-order valence-electron chi connectivity index (χ0n) is 6.36. The number of hydrogen-bond acceptors (Lipinski definition) is 3. The second kappa shape index (κ2) is 4.07. The van der Waals surface area contributed by atoms with E-state index in [1.54, 1.807) is 24.3 Å². The van der Waals surface area contributed by atoms with Crippen molar-refractivity contribution in [1.82, 2.24) is 0 Å². The lowest BCUT2D eigenvalue weighted by Crippen LogP contribution is -2.00. The summed E-state index contributed by atoms with van der Waals surface area (Å²) in [6.07, 6.45) is 0.528. The summed E-state index contributed by atoms with van der Waals surface area (Å²) >= 11 is 4.09. The molecule has 3 heteroatoms. The number of aldehydes is 1. The van der Waals surface area contributed by atoms with Gasteiger partial charge in [-0.1, -0.05) is 18.2 Å². The van der Waals surface area contributed by atoms with E-state index in [-0.39, 0.29) is 12.2 Å². The molecule has 1 aromatic rings. The topological polar surface area (TPSA) is 34.1 Å². The Kier molecular flexibility index (Phi) is 3.05. The van der Waals surface area contributed by atoms with Crippen LogP contribution in [0.1, 0.15) is 16.8 Å². The Bertz CT molecular complexity index is 307. The fraction of sp³-hybridized carbons (Fsp3) is 0.111. The minimum Gasteiger partial charge on any atom is -0.303 e. The van der Waals surface area contributed by atoms with E-state index in [1.165, 1.54) is 0 Å². The first-order valence-corrected chi connectivity index (χ1v) is 3.95. The minimum absolute atomic E-state index is 0.0719. The molecular weight excluding hydrogens is 172 g/mol. The molecule has 0 aromatic heterocycles. The summed E-state index contributed by atoms with van der Waals surface area (Å²) in [5.41, 5.74) is 0.507. The van der Waals surface area contributed by atoms with Crippen LogP contribution in [0.4, 0.5) is 0 Å². The van der Waals surface area contributed by atoms with E-state index >= 15 is 0 Å². The molecule has 0 saturated heterocycles. The van der Waals surface area contributed by atoms with E-state index < -0.39 is 0 Å². The lowest BCUT2D eigenvalue weighted by Gasteiger charge is -1.99. The van der Waals surface area contributed by atoms with Crippen molar-refractivity contribution >= 4 is 24.7 Å². The van der Waals surface area contributed by atoms with E-state index in [9.17, 15) is 9.59 Å². The SMILES string of the molecule is O=CCC(=O)c1ccccc1S. The molecule has 0 aliphatic carbocycles. The van der Waals surface area contributed by atoms with Crippen molar-refractivity contribution in [3.63, 3.8) is 0 Å². The van der Waals surface area contributed by atoms with Crippen LogP contribution >= 0.6 is 12.6 Å². The first kappa shape index (κ1) is 9.00. The van der Waals surface area contributed by atoms with Crippen molar-refractivity contribution < 1.29 is 9.59 Å². The third kappa shape index (κ3) is 1.95. The highest BCUT2D eigenvalue weighted by atomic mass is 32.1. The van der Waals surface area contributed by atoms with Gasteiger partial charge < -0.3 is 4.79 Å². The first-order valence-electron chi connectivity index (χ1n) is 3.50. The number of thiol groups is 1. The molecule has 1 rings (SSSR count). The molecular formula is C9H8O2S. The maximum Gasteiger partial charge on any atom is 0.171 e. The first-order chi connectivity index (χ1) is 5.75. The van der Waals surface area contributed by atoms with Crippen LogP contribution in [-0.2, 0) is 4.79 Å². The van der Waals surface area contributed by atoms with Crippen LogP contribution in [0.2, 0.25) is 0 Å². The van der Waals surface area contributed by atoms with Gasteiger partial charge in [0.05, 0.1) is 6.42 Å². The van der Waals surface area contributed by atoms with Gasteiger partial charge in [-0.2, -0.15) is 0 Å². The Balaban J connectivity index is 2.94. The van der Waals surface area contributed by atoms with E-state index in [0.717, 1.165) is 0 Å². The summed E-state index contributed by atoms with van der Waals surface area (Å²) in [6, 6.07) is 6.92. The van der Waals surface area contributed by atoms with Crippen LogP contribution in [-0.4, -0.2) is 12.1 Å². The van der Waals surface area contributed by atoms with Gasteiger partial charge in [0.1, 0.15) is 6.29 Å². The molecule has 0 bridgehead atoms. The summed E-state index contributed by atoms with van der Waals surface area (Å²) in [5, 5.41) is 0. The molecule has 0 saturated carbocycles. The highest BCUT2D eigenvalue weighted by Crippen LogP contribution is 2.13. The van der Waals surface area contributed by atoms with Crippen molar-refractivity contribution in [2.45, 2.75) is 11.3 Å². The van der Waals surface area contributed by atoms with Crippen molar-refractivity contribution in [2.75, 3.05) is 0 Å². The second-order valence-corrected chi connectivity index (χ2v) is 2.79. The van der Waals surface area contributed by atoms with Gasteiger partial charge in [-0.05, 0) is 6.07 Å². The standard InChI is InChI=1S/C9H8O2S/c10-6-5-8(11)7-3-1-2-4-9(7)12/h1-4,6,12H,5H2. The Morgan fingerprint density at radius 3 is 2.67 bits per heavy atom. The van der Waals surface area contributed by atoms with E-state index in [1.807, 2.05) is 0 Å². The second-order valence-electron chi connectivity index (χ2n) is 2.31. The van der Waals surface area contributed by atoms with Crippen molar-refractivity contribution in [2.24, 2.45) is 0 Å². The normalized spacial score (nSPS) is 9.42. The van der Waals surface area contributed by atoms with Gasteiger partial charge in [0.15, 0.2) is 5.78 Å². The summed E-state index contributed by atoms with van der Waals surface area (Å²) in [4.78, 5) is 21.9. The molecule has 1 aromatic carbocycles. The molecule has 0 atom stereocenters. The number of hydrogen-bond donors (Lipinski definition) is 1. The molecule has 2 nitrogen and oxygen atoms in total. The molecule has 0 radical (unpaired) electrons. The predicted octanol–water partition coefficient (Wildman–Crippen LogP) is 1.75. The fourth-order valence-electron chi connectivity index (χ4n) is 0.895. The maximum atomic E-state index is 11.2. The summed E-state index contributed by atoms with van der Waals surface area (Å²) in [5.74, 6) is -0.185. The van der Waals surface area contributed by atoms with Gasteiger partial charge in [0.2, 0.25) is 0 Å². The molecule has 0 aliphatic heterocycles. The zero-order chi connectivity index (χ0) is 8.97. The van der Waals surface area contributed by atoms with Gasteiger partial charge in [-0.3, -0.25) is 4.79 Å². The molecule has 12 heavy (non-hydrogen) atoms. The van der Waals surface area contributed by atoms with Crippen molar-refractivity contribution in [3.05, 3.63) is 29.8 Å². The van der Waals surface area contributed by atoms with E-state index in [4.69, 9.17) is 0 Å². The lowest BCUT2D eigenvalue weighted by atomic mass is 10.1. The Hall–Kier alpha value is -1.09. The van der Waals surface area contributed by atoms with Crippen LogP contribution in [0.25, 0.3) is 0 Å². The van der Waals surface area contributed by atoms with E-state index in [0.29, 0.717) is 16.7 Å². The Morgan fingerprint density at radius 1 is 1.42 bits per heavy atom. The summed E-state index contributed by atoms with van der Waals surface area (Å²) < 4.78 is 0. The van der Waals surface area contributed by atoms with Crippen molar-refractivity contribution in [1.29, 1.82) is 0 Å².